The Morgan fingerprint density at radius 1 is 1.07 bits per heavy atom. The molecule has 1 atom stereocenters. The van der Waals surface area contributed by atoms with Crippen LogP contribution in [-0.2, 0) is 0 Å². The first kappa shape index (κ1) is 19.2. The molecule has 3 heterocycles. The molecule has 1 saturated carbocycles. The van der Waals surface area contributed by atoms with Gasteiger partial charge in [0.15, 0.2) is 5.65 Å². The van der Waals surface area contributed by atoms with E-state index in [1.165, 1.54) is 6.42 Å². The predicted molar refractivity (Wildman–Crippen MR) is 112 cm³/mol. The zero-order valence-corrected chi connectivity index (χ0v) is 16.8. The molecule has 0 aromatic carbocycles. The average Bonchev–Trinajstić information content (AvgIpc) is 3.39. The van der Waals surface area contributed by atoms with Crippen molar-refractivity contribution in [3.8, 4) is 11.1 Å². The minimum atomic E-state index is -2.64. The van der Waals surface area contributed by atoms with Crippen LogP contribution in [0.5, 0.6) is 0 Å². The maximum atomic E-state index is 13.8. The van der Waals surface area contributed by atoms with Crippen molar-refractivity contribution in [3.63, 3.8) is 0 Å². The monoisotopic (exact) mass is 412 g/mol. The number of halogens is 2. The standard InChI is InChI=1S/C22H26F2N6/c23-21(24)20-18(14-30(28-20)16-9-5-2-6-10-16)17-13-25-29-12-11-19(27-22(17)29)26-15-7-3-1-4-8-15/h3,7,11-16,21H,1-2,4-6,8-10H2,(H,26,27). The number of fused-ring (bicyclic) bond motifs is 1. The number of aromatic nitrogens is 5. The molecule has 0 spiro atoms. The zero-order chi connectivity index (χ0) is 20.5. The number of hydrogen-bond acceptors (Lipinski definition) is 4. The van der Waals surface area contributed by atoms with Crippen molar-refractivity contribution in [2.75, 3.05) is 5.32 Å². The Hall–Kier alpha value is -2.77. The van der Waals surface area contributed by atoms with Gasteiger partial charge in [-0.2, -0.15) is 10.2 Å². The summed E-state index contributed by atoms with van der Waals surface area (Å²) in [4.78, 5) is 4.70. The van der Waals surface area contributed by atoms with Crippen LogP contribution >= 0.6 is 0 Å². The van der Waals surface area contributed by atoms with Gasteiger partial charge < -0.3 is 5.32 Å². The summed E-state index contributed by atoms with van der Waals surface area (Å²) in [5.41, 5.74) is 1.39. The van der Waals surface area contributed by atoms with Gasteiger partial charge in [-0.05, 0) is 38.2 Å². The third kappa shape index (κ3) is 3.70. The third-order valence-electron chi connectivity index (χ3n) is 6.16. The molecule has 158 valence electrons. The second kappa shape index (κ2) is 8.16. The Morgan fingerprint density at radius 3 is 2.70 bits per heavy atom. The van der Waals surface area contributed by atoms with Crippen LogP contribution in [0, 0.1) is 0 Å². The topological polar surface area (TPSA) is 60.0 Å². The second-order valence-electron chi connectivity index (χ2n) is 8.25. The highest BCUT2D eigenvalue weighted by atomic mass is 19.3. The van der Waals surface area contributed by atoms with Crippen LogP contribution < -0.4 is 5.32 Å². The van der Waals surface area contributed by atoms with Crippen molar-refractivity contribution >= 4 is 11.5 Å². The van der Waals surface area contributed by atoms with E-state index in [2.05, 4.69) is 27.7 Å². The molecule has 0 bridgehead atoms. The second-order valence-corrected chi connectivity index (χ2v) is 8.25. The molecule has 6 nitrogen and oxygen atoms in total. The summed E-state index contributed by atoms with van der Waals surface area (Å²) >= 11 is 0. The van der Waals surface area contributed by atoms with Gasteiger partial charge in [-0.3, -0.25) is 4.68 Å². The van der Waals surface area contributed by atoms with Crippen molar-refractivity contribution in [3.05, 3.63) is 42.5 Å². The van der Waals surface area contributed by atoms with Gasteiger partial charge in [0.25, 0.3) is 6.43 Å². The first-order valence-electron chi connectivity index (χ1n) is 10.8. The minimum Gasteiger partial charge on any atom is -0.364 e. The van der Waals surface area contributed by atoms with E-state index in [0.29, 0.717) is 16.8 Å². The summed E-state index contributed by atoms with van der Waals surface area (Å²) in [6.45, 7) is 0. The minimum absolute atomic E-state index is 0.189. The summed E-state index contributed by atoms with van der Waals surface area (Å²) in [7, 11) is 0. The van der Waals surface area contributed by atoms with Crippen molar-refractivity contribution in [1.82, 2.24) is 24.4 Å². The first-order valence-corrected chi connectivity index (χ1v) is 10.8. The van der Waals surface area contributed by atoms with E-state index in [4.69, 9.17) is 4.98 Å². The highest BCUT2D eigenvalue weighted by Crippen LogP contribution is 2.36. The molecule has 1 unspecified atom stereocenters. The Balaban J connectivity index is 1.51. The van der Waals surface area contributed by atoms with Gasteiger partial charge >= 0.3 is 0 Å². The molecule has 3 aromatic rings. The van der Waals surface area contributed by atoms with E-state index in [-0.39, 0.29) is 17.8 Å². The Bertz CT molecular complexity index is 1050. The van der Waals surface area contributed by atoms with E-state index in [0.717, 1.165) is 50.8 Å². The van der Waals surface area contributed by atoms with Crippen LogP contribution in [0.1, 0.15) is 69.5 Å². The van der Waals surface area contributed by atoms with Gasteiger partial charge in [-0.15, -0.1) is 0 Å². The number of nitrogens with one attached hydrogen (secondary N) is 1. The number of rotatable bonds is 5. The lowest BCUT2D eigenvalue weighted by Gasteiger charge is -2.21. The number of allylic oxidation sites excluding steroid dienone is 1. The number of alkyl halides is 2. The number of anilines is 1. The summed E-state index contributed by atoms with van der Waals surface area (Å²) in [6.07, 6.45) is 15.6. The molecule has 0 amide bonds. The van der Waals surface area contributed by atoms with Gasteiger partial charge in [0.05, 0.1) is 17.8 Å². The van der Waals surface area contributed by atoms with E-state index >= 15 is 0 Å². The zero-order valence-electron chi connectivity index (χ0n) is 16.8. The Morgan fingerprint density at radius 2 is 1.93 bits per heavy atom. The fourth-order valence-electron chi connectivity index (χ4n) is 4.57. The summed E-state index contributed by atoms with van der Waals surface area (Å²) in [5.74, 6) is 0.721. The average molecular weight is 412 g/mol. The fraction of sp³-hybridized carbons (Fsp3) is 0.500. The molecule has 30 heavy (non-hydrogen) atoms. The number of hydrogen-bond donors (Lipinski definition) is 1. The molecule has 1 fully saturated rings. The van der Waals surface area contributed by atoms with Gasteiger partial charge in [0.1, 0.15) is 11.5 Å². The summed E-state index contributed by atoms with van der Waals surface area (Å²) in [6, 6.07) is 2.30. The van der Waals surface area contributed by atoms with Crippen LogP contribution in [0.4, 0.5) is 14.6 Å². The van der Waals surface area contributed by atoms with Crippen molar-refractivity contribution in [2.24, 2.45) is 0 Å². The molecule has 0 aliphatic heterocycles. The van der Waals surface area contributed by atoms with Crippen LogP contribution in [-0.4, -0.2) is 30.4 Å². The molecule has 3 aromatic heterocycles. The summed E-state index contributed by atoms with van der Waals surface area (Å²) in [5, 5.41) is 12.1. The lowest BCUT2D eigenvalue weighted by atomic mass is 9.96. The fourth-order valence-corrected chi connectivity index (χ4v) is 4.57. The van der Waals surface area contributed by atoms with E-state index in [1.54, 1.807) is 21.6 Å². The largest absolute Gasteiger partial charge is 0.364 e. The van der Waals surface area contributed by atoms with E-state index in [9.17, 15) is 8.78 Å². The van der Waals surface area contributed by atoms with Gasteiger partial charge in [-0.25, -0.2) is 18.3 Å². The molecule has 5 rings (SSSR count). The van der Waals surface area contributed by atoms with E-state index < -0.39 is 6.43 Å². The smallest absolute Gasteiger partial charge is 0.282 e. The van der Waals surface area contributed by atoms with Crippen molar-refractivity contribution < 1.29 is 8.78 Å². The molecule has 0 saturated heterocycles. The van der Waals surface area contributed by atoms with E-state index in [1.807, 2.05) is 12.3 Å². The summed E-state index contributed by atoms with van der Waals surface area (Å²) < 4.78 is 31.1. The molecule has 2 aliphatic rings. The predicted octanol–water partition coefficient (Wildman–Crippen LogP) is 5.56. The molecule has 0 radical (unpaired) electrons. The first-order chi connectivity index (χ1) is 14.7. The highest BCUT2D eigenvalue weighted by molar-refractivity contribution is 5.79. The number of nitrogens with zero attached hydrogens (tertiary/aromatic N) is 5. The Kier molecular flexibility index (Phi) is 5.23. The lowest BCUT2D eigenvalue weighted by molar-refractivity contribution is 0.144. The molecular formula is C22H26F2N6. The maximum Gasteiger partial charge on any atom is 0.282 e. The van der Waals surface area contributed by atoms with Crippen LogP contribution in [0.25, 0.3) is 16.8 Å². The highest BCUT2D eigenvalue weighted by Gasteiger charge is 2.26. The third-order valence-corrected chi connectivity index (χ3v) is 6.16. The van der Waals surface area contributed by atoms with Gasteiger partial charge in [0.2, 0.25) is 0 Å². The van der Waals surface area contributed by atoms with Crippen LogP contribution in [0.2, 0.25) is 0 Å². The lowest BCUT2D eigenvalue weighted by Crippen LogP contribution is -2.19. The SMILES string of the molecule is FC(F)c1nn(C2CCCCC2)cc1-c1cnn2ccc(NC3C=CCCC3)nc12. The quantitative estimate of drug-likeness (QED) is 0.558. The maximum absolute atomic E-state index is 13.8. The van der Waals surface area contributed by atoms with Gasteiger partial charge in [0, 0.05) is 24.0 Å². The van der Waals surface area contributed by atoms with Crippen molar-refractivity contribution in [1.29, 1.82) is 0 Å². The molecule has 2 aliphatic carbocycles. The molecule has 1 N–H and O–H groups in total. The molecule has 8 heteroatoms. The Labute approximate surface area is 174 Å². The van der Waals surface area contributed by atoms with Crippen molar-refractivity contribution in [2.45, 2.75) is 69.9 Å². The van der Waals surface area contributed by atoms with Gasteiger partial charge in [-0.1, -0.05) is 31.4 Å². The van der Waals surface area contributed by atoms with Crippen LogP contribution in [0.15, 0.2) is 36.8 Å². The molecular weight excluding hydrogens is 386 g/mol. The normalized spacial score (nSPS) is 20.3. The van der Waals surface area contributed by atoms with Crippen LogP contribution in [0.3, 0.4) is 0 Å².